The molecule has 1 aromatic heterocycles. The van der Waals surface area contributed by atoms with Crippen molar-refractivity contribution in [3.63, 3.8) is 0 Å². The molecule has 2 saturated carbocycles. The number of hydrogen-bond donors (Lipinski definition) is 2. The maximum atomic E-state index is 13.3. The second-order valence-electron chi connectivity index (χ2n) is 8.57. The van der Waals surface area contributed by atoms with Gasteiger partial charge in [0.1, 0.15) is 11.4 Å². The number of nitrogens with zero attached hydrogens (tertiary/aromatic N) is 2. The van der Waals surface area contributed by atoms with Gasteiger partial charge in [-0.25, -0.2) is 13.8 Å². The summed E-state index contributed by atoms with van der Waals surface area (Å²) in [7, 11) is 0. The molecule has 3 fully saturated rings. The number of carbonyl (C=O) groups excluding carboxylic acids is 2. The molecule has 0 unspecified atom stereocenters. The summed E-state index contributed by atoms with van der Waals surface area (Å²) >= 11 is 0. The number of anilines is 1. The van der Waals surface area contributed by atoms with Crippen LogP contribution in [0.4, 0.5) is 14.5 Å². The van der Waals surface area contributed by atoms with Crippen LogP contribution >= 0.6 is 0 Å². The van der Waals surface area contributed by atoms with Gasteiger partial charge in [0.15, 0.2) is 0 Å². The molecule has 3 aliphatic rings. The minimum absolute atomic E-state index is 0.0880. The fraction of sp³-hybridized carbons (Fsp3) is 0.650. The number of pyridine rings is 1. The van der Waals surface area contributed by atoms with Crippen LogP contribution in [0.25, 0.3) is 0 Å². The van der Waals surface area contributed by atoms with Gasteiger partial charge in [0, 0.05) is 12.0 Å². The van der Waals surface area contributed by atoms with Crippen LogP contribution in [0.2, 0.25) is 0 Å². The number of ether oxygens (including phenoxy) is 1. The Morgan fingerprint density at radius 2 is 1.93 bits per heavy atom. The van der Waals surface area contributed by atoms with Gasteiger partial charge in [-0.05, 0) is 43.7 Å². The Balaban J connectivity index is 1.52. The van der Waals surface area contributed by atoms with Gasteiger partial charge in [-0.2, -0.15) is 0 Å². The van der Waals surface area contributed by atoms with E-state index in [2.05, 4.69) is 10.3 Å². The largest absolute Gasteiger partial charge is 0.476 e. The Kier molecular flexibility index (Phi) is 5.08. The lowest BCUT2D eigenvalue weighted by atomic mass is 9.92. The van der Waals surface area contributed by atoms with Crippen molar-refractivity contribution in [3.05, 3.63) is 17.8 Å². The zero-order valence-electron chi connectivity index (χ0n) is 16.3. The van der Waals surface area contributed by atoms with Gasteiger partial charge >= 0.3 is 0 Å². The van der Waals surface area contributed by atoms with Gasteiger partial charge < -0.3 is 20.7 Å². The summed E-state index contributed by atoms with van der Waals surface area (Å²) in [6.45, 7) is -0.315. The highest BCUT2D eigenvalue weighted by atomic mass is 19.3. The van der Waals surface area contributed by atoms with Crippen LogP contribution in [0, 0.1) is 5.92 Å². The standard InChI is InChI=1S/C20H26F2N4O3/c21-20(22)11-26(12-20)15-6-5-14(24-18(15)29-10-13-3-4-13)17(28)25-19(9-16(23)27)7-1-2-8-19/h5-6,13H,1-4,7-12H2,(H2,23,27)(H,25,28). The highest BCUT2D eigenvalue weighted by Gasteiger charge is 2.45. The summed E-state index contributed by atoms with van der Waals surface area (Å²) in [6.07, 6.45) is 5.45. The molecule has 4 rings (SSSR count). The molecule has 1 aliphatic heterocycles. The summed E-state index contributed by atoms with van der Waals surface area (Å²) in [5.41, 5.74) is 5.35. The topological polar surface area (TPSA) is 97.5 Å². The minimum Gasteiger partial charge on any atom is -0.476 e. The molecule has 0 aromatic carbocycles. The van der Waals surface area contributed by atoms with Crippen molar-refractivity contribution in [2.75, 3.05) is 24.6 Å². The third-order valence-electron chi connectivity index (χ3n) is 5.86. The molecule has 0 atom stereocenters. The molecule has 1 aromatic rings. The maximum absolute atomic E-state index is 13.3. The first-order valence-electron chi connectivity index (χ1n) is 10.1. The first-order valence-corrected chi connectivity index (χ1v) is 10.1. The quantitative estimate of drug-likeness (QED) is 0.688. The Hall–Kier alpha value is -2.45. The molecule has 7 nitrogen and oxygen atoms in total. The summed E-state index contributed by atoms with van der Waals surface area (Å²) in [5.74, 6) is -2.92. The Morgan fingerprint density at radius 3 is 2.52 bits per heavy atom. The van der Waals surface area contributed by atoms with E-state index in [1.807, 2.05) is 0 Å². The van der Waals surface area contributed by atoms with Gasteiger partial charge in [-0.3, -0.25) is 9.59 Å². The SMILES string of the molecule is NC(=O)CC1(NC(=O)c2ccc(N3CC(F)(F)C3)c(OCC3CC3)n2)CCCC1. The lowest BCUT2D eigenvalue weighted by Gasteiger charge is -2.40. The monoisotopic (exact) mass is 408 g/mol. The number of halogens is 2. The Morgan fingerprint density at radius 1 is 1.24 bits per heavy atom. The zero-order valence-corrected chi connectivity index (χ0v) is 16.3. The van der Waals surface area contributed by atoms with E-state index >= 15 is 0 Å². The van der Waals surface area contributed by atoms with Crippen LogP contribution < -0.4 is 20.7 Å². The summed E-state index contributed by atoms with van der Waals surface area (Å²) in [6, 6.07) is 3.12. The molecule has 1 saturated heterocycles. The number of rotatable bonds is 8. The average Bonchev–Trinajstić information content (AvgIpc) is 3.36. The van der Waals surface area contributed by atoms with Crippen molar-refractivity contribution in [2.45, 2.75) is 56.4 Å². The number of aromatic nitrogens is 1. The van der Waals surface area contributed by atoms with Crippen LogP contribution in [0.1, 0.15) is 55.4 Å². The molecule has 29 heavy (non-hydrogen) atoms. The van der Waals surface area contributed by atoms with Gasteiger partial charge in [0.25, 0.3) is 11.8 Å². The number of carbonyl (C=O) groups is 2. The summed E-state index contributed by atoms with van der Waals surface area (Å²) in [5, 5.41) is 2.94. The highest BCUT2D eigenvalue weighted by molar-refractivity contribution is 5.94. The molecule has 3 N–H and O–H groups in total. The van der Waals surface area contributed by atoms with Gasteiger partial charge in [-0.1, -0.05) is 12.8 Å². The van der Waals surface area contributed by atoms with Crippen LogP contribution in [-0.4, -0.2) is 48.0 Å². The Labute approximate surface area is 168 Å². The number of amides is 2. The molecule has 0 bridgehead atoms. The fourth-order valence-electron chi connectivity index (χ4n) is 4.11. The van der Waals surface area contributed by atoms with Crippen molar-refractivity contribution in [3.8, 4) is 5.88 Å². The van der Waals surface area contributed by atoms with Crippen molar-refractivity contribution in [2.24, 2.45) is 11.7 Å². The predicted molar refractivity (Wildman–Crippen MR) is 102 cm³/mol. The van der Waals surface area contributed by atoms with Crippen molar-refractivity contribution >= 4 is 17.5 Å². The third kappa shape index (κ3) is 4.59. The molecule has 0 radical (unpaired) electrons. The minimum atomic E-state index is -2.71. The second-order valence-corrected chi connectivity index (χ2v) is 8.57. The van der Waals surface area contributed by atoms with Gasteiger partial charge in [-0.15, -0.1) is 0 Å². The number of nitrogens with one attached hydrogen (secondary N) is 1. The number of hydrogen-bond acceptors (Lipinski definition) is 5. The van der Waals surface area contributed by atoms with E-state index in [9.17, 15) is 18.4 Å². The fourth-order valence-corrected chi connectivity index (χ4v) is 4.11. The van der Waals surface area contributed by atoms with E-state index in [1.165, 1.54) is 11.0 Å². The first-order chi connectivity index (χ1) is 13.8. The van der Waals surface area contributed by atoms with Crippen molar-refractivity contribution in [1.29, 1.82) is 0 Å². The van der Waals surface area contributed by atoms with E-state index in [1.54, 1.807) is 6.07 Å². The van der Waals surface area contributed by atoms with E-state index < -0.39 is 23.3 Å². The van der Waals surface area contributed by atoms with Crippen molar-refractivity contribution < 1.29 is 23.1 Å². The van der Waals surface area contributed by atoms with Crippen LogP contribution in [0.15, 0.2) is 12.1 Å². The first kappa shape index (κ1) is 19.8. The molecular weight excluding hydrogens is 382 g/mol. The van der Waals surface area contributed by atoms with Crippen LogP contribution in [-0.2, 0) is 4.79 Å². The van der Waals surface area contributed by atoms with Gasteiger partial charge in [0.2, 0.25) is 11.8 Å². The summed E-state index contributed by atoms with van der Waals surface area (Å²) in [4.78, 5) is 30.2. The lowest BCUT2D eigenvalue weighted by Crippen LogP contribution is -2.56. The molecule has 9 heteroatoms. The normalized spacial score (nSPS) is 22.1. The number of primary amides is 1. The molecule has 0 spiro atoms. The van der Waals surface area contributed by atoms with E-state index in [-0.39, 0.29) is 31.1 Å². The maximum Gasteiger partial charge on any atom is 0.282 e. The average molecular weight is 408 g/mol. The van der Waals surface area contributed by atoms with E-state index in [0.29, 0.717) is 31.1 Å². The van der Waals surface area contributed by atoms with Gasteiger partial charge in [0.05, 0.1) is 19.7 Å². The number of nitrogens with two attached hydrogens (primary N) is 1. The van der Waals surface area contributed by atoms with Crippen LogP contribution in [0.5, 0.6) is 5.88 Å². The molecule has 158 valence electrons. The number of alkyl halides is 2. The predicted octanol–water partition coefficient (Wildman–Crippen LogP) is 2.24. The smallest absolute Gasteiger partial charge is 0.282 e. The molecule has 2 aliphatic carbocycles. The Bertz CT molecular complexity index is 799. The van der Waals surface area contributed by atoms with Crippen molar-refractivity contribution in [1.82, 2.24) is 10.3 Å². The van der Waals surface area contributed by atoms with E-state index in [0.717, 1.165) is 25.7 Å². The molecule has 2 heterocycles. The highest BCUT2D eigenvalue weighted by Crippen LogP contribution is 2.38. The zero-order chi connectivity index (χ0) is 20.6. The summed E-state index contributed by atoms with van der Waals surface area (Å²) < 4.78 is 32.4. The molecule has 2 amide bonds. The van der Waals surface area contributed by atoms with E-state index in [4.69, 9.17) is 10.5 Å². The second kappa shape index (κ2) is 7.42. The lowest BCUT2D eigenvalue weighted by molar-refractivity contribution is -0.119. The third-order valence-corrected chi connectivity index (χ3v) is 5.86. The van der Waals surface area contributed by atoms with Crippen LogP contribution in [0.3, 0.4) is 0 Å². The molecular formula is C20H26F2N4O3.